The molecule has 0 amide bonds. The highest BCUT2D eigenvalue weighted by Gasteiger charge is 2.35. The summed E-state index contributed by atoms with van der Waals surface area (Å²) in [5.74, 6) is -0.0670. The van der Waals surface area contributed by atoms with E-state index in [0.29, 0.717) is 11.3 Å². The molecule has 1 unspecified atom stereocenters. The Balaban J connectivity index is 2.18. The minimum Gasteiger partial charge on any atom is -0.490 e. The second-order valence-corrected chi connectivity index (χ2v) is 8.07. The third-order valence-corrected chi connectivity index (χ3v) is 4.59. The normalized spacial score (nSPS) is 14.1. The zero-order valence-electron chi connectivity index (χ0n) is 17.1. The van der Waals surface area contributed by atoms with Gasteiger partial charge in [-0.1, -0.05) is 12.1 Å². The number of rotatable bonds is 7. The predicted molar refractivity (Wildman–Crippen MR) is 113 cm³/mol. The van der Waals surface area contributed by atoms with Crippen LogP contribution in [0.25, 0.3) is 6.08 Å². The van der Waals surface area contributed by atoms with Crippen molar-refractivity contribution in [2.45, 2.75) is 39.9 Å². The van der Waals surface area contributed by atoms with Crippen molar-refractivity contribution in [1.29, 1.82) is 0 Å². The minimum absolute atomic E-state index is 0.168. The van der Waals surface area contributed by atoms with Crippen LogP contribution >= 0.6 is 8.25 Å². The van der Waals surface area contributed by atoms with E-state index in [-0.39, 0.29) is 51.8 Å². The summed E-state index contributed by atoms with van der Waals surface area (Å²) in [7, 11) is -3.13. The molecular formula is C22H23O7P. The average molecular weight is 430 g/mol. The molecule has 0 heterocycles. The molecule has 2 aromatic rings. The Hall–Kier alpha value is -2.89. The Labute approximate surface area is 175 Å². The van der Waals surface area contributed by atoms with Gasteiger partial charge in [0.25, 0.3) is 0 Å². The lowest BCUT2D eigenvalue weighted by Gasteiger charge is -2.24. The van der Waals surface area contributed by atoms with E-state index in [9.17, 15) is 14.2 Å². The molecule has 0 fully saturated rings. The van der Waals surface area contributed by atoms with Gasteiger partial charge in [0, 0.05) is 11.1 Å². The van der Waals surface area contributed by atoms with Gasteiger partial charge < -0.3 is 18.9 Å². The van der Waals surface area contributed by atoms with Gasteiger partial charge in [-0.2, -0.15) is 0 Å². The van der Waals surface area contributed by atoms with Crippen LogP contribution in [0.3, 0.4) is 0 Å². The maximum absolute atomic E-state index is 13.4. The maximum Gasteiger partial charge on any atom is 0.364 e. The van der Waals surface area contributed by atoms with Crippen LogP contribution in [0.15, 0.2) is 36.6 Å². The van der Waals surface area contributed by atoms with E-state index in [0.717, 1.165) is 6.26 Å². The van der Waals surface area contributed by atoms with Gasteiger partial charge in [0.2, 0.25) is 5.78 Å². The fourth-order valence-electron chi connectivity index (χ4n) is 3.24. The van der Waals surface area contributed by atoms with E-state index in [4.69, 9.17) is 14.4 Å². The summed E-state index contributed by atoms with van der Waals surface area (Å²) < 4.78 is 26.9. The average Bonchev–Trinajstić information content (AvgIpc) is 2.64. The first kappa shape index (κ1) is 21.8. The van der Waals surface area contributed by atoms with E-state index in [1.165, 1.54) is 12.1 Å². The summed E-state index contributed by atoms with van der Waals surface area (Å²) in [6.45, 7) is 7.31. The van der Waals surface area contributed by atoms with Crippen molar-refractivity contribution in [1.82, 2.24) is 0 Å². The van der Waals surface area contributed by atoms with Crippen LogP contribution in [0.5, 0.6) is 11.5 Å². The van der Waals surface area contributed by atoms with Crippen molar-refractivity contribution in [3.8, 4) is 11.5 Å². The first-order valence-electron chi connectivity index (χ1n) is 9.49. The van der Waals surface area contributed by atoms with Crippen molar-refractivity contribution in [2.24, 2.45) is 0 Å². The van der Waals surface area contributed by atoms with Gasteiger partial charge in [0.05, 0.1) is 29.6 Å². The van der Waals surface area contributed by atoms with Crippen LogP contribution in [0, 0.1) is 0 Å². The van der Waals surface area contributed by atoms with Crippen LogP contribution in [0.2, 0.25) is 0 Å². The fraction of sp³-hybridized carbons (Fsp3) is 0.273. The lowest BCUT2D eigenvalue weighted by Crippen LogP contribution is -2.24. The molecule has 2 aromatic carbocycles. The molecule has 1 N–H and O–H groups in total. The molecule has 0 saturated carbocycles. The molecular weight excluding hydrogens is 407 g/mol. The molecule has 0 radical (unpaired) electrons. The second kappa shape index (κ2) is 8.86. The monoisotopic (exact) mass is 430 g/mol. The van der Waals surface area contributed by atoms with Gasteiger partial charge in [0.15, 0.2) is 5.78 Å². The zero-order chi connectivity index (χ0) is 22.0. The number of fused-ring (bicyclic) bond motifs is 2. The number of carbonyl (C=O) groups is 2. The molecule has 1 atom stereocenters. The maximum atomic E-state index is 13.4. The first-order chi connectivity index (χ1) is 14.2. The number of hydrogen-bond acceptors (Lipinski definition) is 6. The topological polar surface area (TPSA) is 99.1 Å². The number of benzene rings is 2. The second-order valence-electron chi connectivity index (χ2n) is 7.30. The molecule has 0 bridgehead atoms. The molecule has 158 valence electrons. The molecule has 0 aromatic heterocycles. The van der Waals surface area contributed by atoms with Crippen molar-refractivity contribution in [3.63, 3.8) is 0 Å². The van der Waals surface area contributed by atoms with Crippen LogP contribution < -0.4 is 9.47 Å². The van der Waals surface area contributed by atoms with Crippen molar-refractivity contribution >= 4 is 25.9 Å². The number of ether oxygens (including phenoxy) is 2. The van der Waals surface area contributed by atoms with Crippen LogP contribution in [-0.4, -0.2) is 28.7 Å². The minimum atomic E-state index is -3.13. The van der Waals surface area contributed by atoms with E-state index in [1.807, 2.05) is 27.7 Å². The van der Waals surface area contributed by atoms with Gasteiger partial charge in [0.1, 0.15) is 11.5 Å². The van der Waals surface area contributed by atoms with Crippen molar-refractivity contribution in [2.75, 3.05) is 0 Å². The highest BCUT2D eigenvalue weighted by molar-refractivity contribution is 7.32. The van der Waals surface area contributed by atoms with Gasteiger partial charge in [-0.3, -0.25) is 9.59 Å². The smallest absolute Gasteiger partial charge is 0.364 e. The Morgan fingerprint density at radius 3 is 2.17 bits per heavy atom. The molecule has 1 aliphatic carbocycles. The van der Waals surface area contributed by atoms with Gasteiger partial charge >= 0.3 is 8.25 Å². The number of ketones is 2. The highest BCUT2D eigenvalue weighted by Crippen LogP contribution is 2.39. The predicted octanol–water partition coefficient (Wildman–Crippen LogP) is 4.41. The first-order valence-corrected chi connectivity index (χ1v) is 10.7. The van der Waals surface area contributed by atoms with E-state index < -0.39 is 8.25 Å². The Morgan fingerprint density at radius 2 is 1.53 bits per heavy atom. The molecule has 7 nitrogen and oxygen atoms in total. The Kier molecular flexibility index (Phi) is 6.44. The van der Waals surface area contributed by atoms with E-state index in [2.05, 4.69) is 4.52 Å². The summed E-state index contributed by atoms with van der Waals surface area (Å²) in [6.07, 6.45) is 2.08. The molecule has 1 aliphatic rings. The molecule has 0 aliphatic heterocycles. The van der Waals surface area contributed by atoms with Gasteiger partial charge in [-0.05, 0) is 57.5 Å². The third-order valence-electron chi connectivity index (χ3n) is 4.25. The molecule has 8 heteroatoms. The molecule has 30 heavy (non-hydrogen) atoms. The quantitative estimate of drug-likeness (QED) is 0.438. The van der Waals surface area contributed by atoms with E-state index in [1.54, 1.807) is 24.3 Å². The lowest BCUT2D eigenvalue weighted by molar-refractivity contribution is 0.0968. The fourth-order valence-corrected chi connectivity index (χ4v) is 3.43. The lowest BCUT2D eigenvalue weighted by atomic mass is 9.82. The largest absolute Gasteiger partial charge is 0.490 e. The SMILES string of the molecule is CC(C)Oc1cccc2c1C(=O)c1c(OC(C)C)cc(C=CO[PH](=O)O)cc1C2=O. The molecule has 3 rings (SSSR count). The van der Waals surface area contributed by atoms with Crippen molar-refractivity contribution < 1.29 is 33.0 Å². The highest BCUT2D eigenvalue weighted by atomic mass is 31.1. The van der Waals surface area contributed by atoms with Gasteiger partial charge in [-0.15, -0.1) is 0 Å². The Morgan fingerprint density at radius 1 is 0.900 bits per heavy atom. The number of hydrogen-bond donors (Lipinski definition) is 1. The molecule has 0 spiro atoms. The standard InChI is InChI=1S/C22H23O7P/c1-12(2)28-17-7-5-6-15-19(17)22(24)20-16(21(15)23)10-14(8-9-27-30(25)26)11-18(20)29-13(3)4/h5-13,30H,1-4H3,(H,25,26). The summed E-state index contributed by atoms with van der Waals surface area (Å²) in [5, 5.41) is 0. The van der Waals surface area contributed by atoms with Crippen LogP contribution in [0.4, 0.5) is 0 Å². The van der Waals surface area contributed by atoms with Crippen molar-refractivity contribution in [3.05, 3.63) is 64.4 Å². The van der Waals surface area contributed by atoms with E-state index >= 15 is 0 Å². The van der Waals surface area contributed by atoms with Crippen LogP contribution in [0.1, 0.15) is 65.1 Å². The summed E-state index contributed by atoms with van der Waals surface area (Å²) in [4.78, 5) is 35.5. The molecule has 0 saturated heterocycles. The zero-order valence-corrected chi connectivity index (χ0v) is 18.1. The Bertz CT molecular complexity index is 1050. The third kappa shape index (κ3) is 4.48. The summed E-state index contributed by atoms with van der Waals surface area (Å²) in [5.41, 5.74) is 1.35. The summed E-state index contributed by atoms with van der Waals surface area (Å²) >= 11 is 0. The van der Waals surface area contributed by atoms with Gasteiger partial charge in [-0.25, -0.2) is 4.57 Å². The van der Waals surface area contributed by atoms with Crippen LogP contribution in [-0.2, 0) is 9.09 Å². The number of carbonyl (C=O) groups excluding carboxylic acids is 2. The summed E-state index contributed by atoms with van der Waals surface area (Å²) in [6, 6.07) is 8.07.